The molecule has 10 heteroatoms. The average Bonchev–Trinajstić information content (AvgIpc) is 4.08. The summed E-state index contributed by atoms with van der Waals surface area (Å²) in [4.78, 5) is 28.4. The fraction of sp³-hybridized carbons (Fsp3) is 0. The maximum atomic E-state index is 6.83. The van der Waals surface area contributed by atoms with Gasteiger partial charge < -0.3 is 23.1 Å². The number of hydrogen-bond acceptors (Lipinski definition) is 10. The van der Waals surface area contributed by atoms with Crippen LogP contribution in [-0.4, -0.2) is 24.9 Å². The molecule has 0 saturated carbocycles. The van der Waals surface area contributed by atoms with Crippen molar-refractivity contribution in [2.75, 3.05) is 9.80 Å². The predicted octanol–water partition coefficient (Wildman–Crippen LogP) is 15.9. The monoisotopic (exact) mass is 887 g/mol. The summed E-state index contributed by atoms with van der Waals surface area (Å²) in [6.45, 7) is 0. The van der Waals surface area contributed by atoms with Gasteiger partial charge in [-0.15, -0.1) is 0 Å². The van der Waals surface area contributed by atoms with E-state index in [2.05, 4.69) is 153 Å². The topological polar surface area (TPSA) is 110 Å². The molecule has 15 aromatic rings. The van der Waals surface area contributed by atoms with Gasteiger partial charge in [0, 0.05) is 59.1 Å². The van der Waals surface area contributed by atoms with E-state index >= 15 is 0 Å². The number of anilines is 6. The molecule has 0 unspecified atom stereocenters. The Morgan fingerprint density at radius 3 is 1.16 bits per heavy atom. The van der Waals surface area contributed by atoms with Gasteiger partial charge in [0.2, 0.25) is 0 Å². The Balaban J connectivity index is 0.887. The van der Waals surface area contributed by atoms with Crippen LogP contribution >= 0.6 is 0 Å². The second kappa shape index (κ2) is 14.4. The molecule has 0 aliphatic rings. The molecular weight excluding hydrogens is 855 g/mol. The number of pyridine rings is 5. The molecule has 0 saturated heterocycles. The second-order valence-corrected chi connectivity index (χ2v) is 17.4. The molecule has 8 aromatic heterocycles. The van der Waals surface area contributed by atoms with Crippen molar-refractivity contribution in [2.24, 2.45) is 0 Å². The summed E-state index contributed by atoms with van der Waals surface area (Å²) < 4.78 is 19.5. The Kier molecular flexibility index (Phi) is 7.84. The van der Waals surface area contributed by atoms with Gasteiger partial charge in [-0.1, -0.05) is 60.7 Å². The number of furan rings is 3. The third-order valence-corrected chi connectivity index (χ3v) is 13.3. The molecule has 8 heterocycles. The summed E-state index contributed by atoms with van der Waals surface area (Å²) in [5.74, 6) is 0. The normalized spacial score (nSPS) is 12.1. The van der Waals surface area contributed by atoms with Gasteiger partial charge in [-0.3, -0.25) is 9.97 Å². The predicted molar refractivity (Wildman–Crippen MR) is 277 cm³/mol. The Bertz CT molecular complexity index is 4320. The lowest BCUT2D eigenvalue weighted by atomic mass is 10.0. The third kappa shape index (κ3) is 5.95. The van der Waals surface area contributed by atoms with Crippen molar-refractivity contribution in [2.45, 2.75) is 0 Å². The molecule has 0 aliphatic heterocycles. The lowest BCUT2D eigenvalue weighted by Crippen LogP contribution is -2.10. The highest BCUT2D eigenvalue weighted by Gasteiger charge is 2.22. The minimum absolute atomic E-state index is 0.638. The maximum absolute atomic E-state index is 6.83. The van der Waals surface area contributed by atoms with E-state index in [0.717, 1.165) is 77.6 Å². The number of fused-ring (bicyclic) bond motifs is 13. The molecule has 0 N–H and O–H groups in total. The minimum Gasteiger partial charge on any atom is -0.454 e. The molecule has 0 atom stereocenters. The molecular formula is C59H33N7O3. The number of benzene rings is 7. The summed E-state index contributed by atoms with van der Waals surface area (Å²) in [5, 5.41) is 10.2. The SMILES string of the molecule is c1ccc2cc3cc(N(c4ccc5c(c4)oc4cc(N(c6ccc7cc8ccccc8cc7c6)c6cnc7c(c6)oc6cccnc67)cnc45)c4cnc5c(c4)oc4cccnc45)ccc3cc2c1. The van der Waals surface area contributed by atoms with Crippen molar-refractivity contribution < 1.29 is 13.3 Å². The first-order valence-electron chi connectivity index (χ1n) is 22.7. The Hall–Kier alpha value is -9.67. The molecule has 0 radical (unpaired) electrons. The highest BCUT2D eigenvalue weighted by Crippen LogP contribution is 2.44. The lowest BCUT2D eigenvalue weighted by molar-refractivity contribution is 0.667. The maximum Gasteiger partial charge on any atom is 0.157 e. The van der Waals surface area contributed by atoms with Gasteiger partial charge >= 0.3 is 0 Å². The second-order valence-electron chi connectivity index (χ2n) is 17.4. The van der Waals surface area contributed by atoms with Crippen LogP contribution in [0.25, 0.3) is 110 Å². The van der Waals surface area contributed by atoms with Gasteiger partial charge in [0.15, 0.2) is 27.9 Å². The average molecular weight is 888 g/mol. The van der Waals surface area contributed by atoms with Gasteiger partial charge in [-0.2, -0.15) is 0 Å². The zero-order chi connectivity index (χ0) is 45.2. The lowest BCUT2D eigenvalue weighted by Gasteiger charge is -2.25. The van der Waals surface area contributed by atoms with E-state index in [1.807, 2.05) is 55.0 Å². The van der Waals surface area contributed by atoms with Crippen LogP contribution in [0.4, 0.5) is 34.1 Å². The van der Waals surface area contributed by atoms with E-state index in [1.165, 1.54) is 21.5 Å². The van der Waals surface area contributed by atoms with Crippen molar-refractivity contribution in [3.63, 3.8) is 0 Å². The van der Waals surface area contributed by atoms with E-state index in [1.54, 1.807) is 12.4 Å². The number of aromatic nitrogens is 5. The van der Waals surface area contributed by atoms with Crippen LogP contribution in [-0.2, 0) is 0 Å². The van der Waals surface area contributed by atoms with E-state index in [-0.39, 0.29) is 0 Å². The van der Waals surface area contributed by atoms with Crippen LogP contribution < -0.4 is 9.80 Å². The molecule has 0 amide bonds. The Morgan fingerprint density at radius 2 is 0.638 bits per heavy atom. The smallest absolute Gasteiger partial charge is 0.157 e. The quantitative estimate of drug-likeness (QED) is 0.150. The van der Waals surface area contributed by atoms with Gasteiger partial charge in [-0.25, -0.2) is 15.0 Å². The van der Waals surface area contributed by atoms with E-state index < -0.39 is 0 Å². The number of rotatable bonds is 6. The van der Waals surface area contributed by atoms with Crippen LogP contribution in [0.3, 0.4) is 0 Å². The van der Waals surface area contributed by atoms with Crippen molar-refractivity contribution >= 4 is 144 Å². The summed E-state index contributed by atoms with van der Waals surface area (Å²) in [6.07, 6.45) is 9.16. The highest BCUT2D eigenvalue weighted by molar-refractivity contribution is 6.08. The molecule has 7 aromatic carbocycles. The Morgan fingerprint density at radius 1 is 0.261 bits per heavy atom. The van der Waals surface area contributed by atoms with Gasteiger partial charge in [0.1, 0.15) is 33.2 Å². The summed E-state index contributed by atoms with van der Waals surface area (Å²) in [6, 6.07) is 58.8. The van der Waals surface area contributed by atoms with Gasteiger partial charge in [0.25, 0.3) is 0 Å². The van der Waals surface area contributed by atoms with Crippen LogP contribution in [0, 0.1) is 0 Å². The molecule has 0 bridgehead atoms. The molecule has 0 aliphatic carbocycles. The van der Waals surface area contributed by atoms with Crippen molar-refractivity contribution in [3.8, 4) is 0 Å². The van der Waals surface area contributed by atoms with Crippen LogP contribution in [0.1, 0.15) is 0 Å². The van der Waals surface area contributed by atoms with Crippen LogP contribution in [0.15, 0.2) is 214 Å². The van der Waals surface area contributed by atoms with Crippen molar-refractivity contribution in [1.82, 2.24) is 24.9 Å². The third-order valence-electron chi connectivity index (χ3n) is 13.3. The van der Waals surface area contributed by atoms with E-state index in [0.29, 0.717) is 44.5 Å². The molecule has 15 rings (SSSR count). The van der Waals surface area contributed by atoms with E-state index in [9.17, 15) is 0 Å². The van der Waals surface area contributed by atoms with Gasteiger partial charge in [-0.05, 0) is 128 Å². The zero-order valence-electron chi connectivity index (χ0n) is 36.4. The first-order valence-corrected chi connectivity index (χ1v) is 22.7. The summed E-state index contributed by atoms with van der Waals surface area (Å²) >= 11 is 0. The minimum atomic E-state index is 0.638. The molecule has 0 spiro atoms. The standard InChI is InChI=1S/C59H33N7O3/c1-3-9-36-23-40-25-42(15-13-38(40)21-34(36)7-1)65(45-29-53-58(63-32-45)56-49(67-53)11-5-19-60-56)44-17-18-48-51(27-44)69-52-28-46(31-62-55(48)52)66(47-30-54-59(64-33-47)57-50(68-54)12-6-20-61-57)43-16-14-39-22-35-8-2-4-10-37(35)24-41(39)26-43/h1-33H. The highest BCUT2D eigenvalue weighted by atomic mass is 16.3. The first kappa shape index (κ1) is 37.5. The molecule has 322 valence electrons. The largest absolute Gasteiger partial charge is 0.454 e. The van der Waals surface area contributed by atoms with Crippen molar-refractivity contribution in [1.29, 1.82) is 0 Å². The van der Waals surface area contributed by atoms with Gasteiger partial charge in [0.05, 0.1) is 35.7 Å². The fourth-order valence-electron chi connectivity index (χ4n) is 10.1. The fourth-order valence-corrected chi connectivity index (χ4v) is 10.1. The van der Waals surface area contributed by atoms with E-state index in [4.69, 9.17) is 28.2 Å². The zero-order valence-corrected chi connectivity index (χ0v) is 36.4. The van der Waals surface area contributed by atoms with Crippen LogP contribution in [0.5, 0.6) is 0 Å². The first-order chi connectivity index (χ1) is 34.1. The number of nitrogens with zero attached hydrogens (tertiary/aromatic N) is 7. The summed E-state index contributed by atoms with van der Waals surface area (Å²) in [7, 11) is 0. The Labute approximate surface area is 390 Å². The molecule has 0 fully saturated rings. The summed E-state index contributed by atoms with van der Waals surface area (Å²) in [5.41, 5.74) is 12.8. The molecule has 10 nitrogen and oxygen atoms in total. The molecule has 69 heavy (non-hydrogen) atoms. The van der Waals surface area contributed by atoms with Crippen LogP contribution in [0.2, 0.25) is 0 Å². The van der Waals surface area contributed by atoms with Crippen molar-refractivity contribution in [3.05, 3.63) is 201 Å². The number of hydrogen-bond donors (Lipinski definition) is 0.